The monoisotopic (exact) mass is 691 g/mol. The number of nitrogens with zero attached hydrogens (tertiary/aromatic N) is 2. The van der Waals surface area contributed by atoms with Crippen molar-refractivity contribution in [2.24, 2.45) is 5.41 Å². The van der Waals surface area contributed by atoms with Crippen molar-refractivity contribution in [3.63, 3.8) is 0 Å². The van der Waals surface area contributed by atoms with Crippen LogP contribution in [0.1, 0.15) is 87.1 Å². The van der Waals surface area contributed by atoms with Crippen molar-refractivity contribution < 1.29 is 28.2 Å². The molecule has 3 atom stereocenters. The molecule has 1 N–H and O–H groups in total. The van der Waals surface area contributed by atoms with Gasteiger partial charge in [0.1, 0.15) is 29.2 Å². The number of halogens is 3. The molecule has 1 saturated heterocycles. The van der Waals surface area contributed by atoms with Crippen LogP contribution in [-0.2, 0) is 19.7 Å². The topological polar surface area (TPSA) is 109 Å². The zero-order valence-corrected chi connectivity index (χ0v) is 28.7. The number of piperidine rings is 1. The van der Waals surface area contributed by atoms with Gasteiger partial charge in [-0.25, -0.2) is 14.1 Å². The molecule has 0 radical (unpaired) electrons. The lowest BCUT2D eigenvalue weighted by Crippen LogP contribution is -2.59. The van der Waals surface area contributed by atoms with Crippen LogP contribution in [0.5, 0.6) is 5.75 Å². The fourth-order valence-corrected chi connectivity index (χ4v) is 7.86. The second-order valence-corrected chi connectivity index (χ2v) is 14.9. The van der Waals surface area contributed by atoms with Crippen LogP contribution in [0.25, 0.3) is 0 Å². The number of ether oxygens (including phenoxy) is 2. The number of anilines is 1. The second-order valence-electron chi connectivity index (χ2n) is 14.0. The molecule has 0 bridgehead atoms. The Balaban J connectivity index is 1.62. The first-order valence-electron chi connectivity index (χ1n) is 16.0. The first-order valence-corrected chi connectivity index (χ1v) is 16.7. The largest absolute Gasteiger partial charge is 0.492 e. The molecule has 2 fully saturated rings. The van der Waals surface area contributed by atoms with E-state index in [0.717, 1.165) is 17.7 Å². The summed E-state index contributed by atoms with van der Waals surface area (Å²) in [6, 6.07) is 15.3. The minimum absolute atomic E-state index is 0.112. The Morgan fingerprint density at radius 2 is 1.73 bits per heavy atom. The zero-order chi connectivity index (χ0) is 34.6. The van der Waals surface area contributed by atoms with Crippen LogP contribution in [-0.4, -0.2) is 30.1 Å². The van der Waals surface area contributed by atoms with E-state index in [2.05, 4.69) is 11.4 Å². The summed E-state index contributed by atoms with van der Waals surface area (Å²) in [5.74, 6) is -2.24. The highest BCUT2D eigenvalue weighted by molar-refractivity contribution is 6.32. The quantitative estimate of drug-likeness (QED) is 0.288. The highest BCUT2D eigenvalue weighted by Crippen LogP contribution is 2.61. The third kappa shape index (κ3) is 5.79. The Kier molecular flexibility index (Phi) is 8.72. The van der Waals surface area contributed by atoms with Gasteiger partial charge in [-0.3, -0.25) is 9.59 Å². The Labute approximate surface area is 289 Å². The first kappa shape index (κ1) is 33.8. The molecule has 48 heavy (non-hydrogen) atoms. The van der Waals surface area contributed by atoms with Crippen LogP contribution in [0.2, 0.25) is 10.0 Å². The van der Waals surface area contributed by atoms with Gasteiger partial charge in [0.15, 0.2) is 0 Å². The SMILES string of the molecule is Cc1ccc(F)cc1[C@@H]1NC(=O)C[C@H](c2cc(Cl)ccc2OCC2(C#N)CCCC2)[C@@]12C(=O)N(C(=O)OC(C)(C)C)c1cc(Cl)ccc12. The third-order valence-corrected chi connectivity index (χ3v) is 10.2. The van der Waals surface area contributed by atoms with E-state index >= 15 is 9.18 Å². The zero-order valence-electron chi connectivity index (χ0n) is 27.2. The lowest BCUT2D eigenvalue weighted by Gasteiger charge is -2.47. The number of imide groups is 1. The van der Waals surface area contributed by atoms with Crippen LogP contribution < -0.4 is 15.0 Å². The molecule has 2 aliphatic heterocycles. The number of nitriles is 1. The van der Waals surface area contributed by atoms with Crippen LogP contribution in [0.4, 0.5) is 14.9 Å². The second kappa shape index (κ2) is 12.4. The standard InChI is InChI=1S/C37H36Cl2FN3O5/c1-21-7-10-24(40)17-25(21)32-37(27-11-8-23(39)16-29(27)43(33(37)45)34(46)48-35(2,3)4)28(18-31(44)42-32)26-15-22(38)9-12-30(26)47-20-36(19-41)13-5-6-14-36/h7-12,15-17,28,32H,5-6,13-14,18,20H2,1-4H3,(H,42,44)/t28-,32+,37-/m1/s1. The Bertz CT molecular complexity index is 1860. The summed E-state index contributed by atoms with van der Waals surface area (Å²) in [5.41, 5.74) is -1.30. The molecular weight excluding hydrogens is 656 g/mol. The van der Waals surface area contributed by atoms with Gasteiger partial charge >= 0.3 is 6.09 Å². The number of nitrogens with one attached hydrogen (secondary N) is 1. The van der Waals surface area contributed by atoms with E-state index in [-0.39, 0.29) is 23.7 Å². The van der Waals surface area contributed by atoms with Gasteiger partial charge < -0.3 is 14.8 Å². The molecule has 1 saturated carbocycles. The normalized spacial score (nSPS) is 23.1. The van der Waals surface area contributed by atoms with Gasteiger partial charge in [-0.15, -0.1) is 0 Å². The predicted octanol–water partition coefficient (Wildman–Crippen LogP) is 8.47. The maximum atomic E-state index is 15.3. The molecule has 0 unspecified atom stereocenters. The Morgan fingerprint density at radius 3 is 2.42 bits per heavy atom. The van der Waals surface area contributed by atoms with Crippen LogP contribution >= 0.6 is 23.2 Å². The van der Waals surface area contributed by atoms with E-state index in [1.165, 1.54) is 18.2 Å². The van der Waals surface area contributed by atoms with Crippen molar-refractivity contribution in [2.75, 3.05) is 11.5 Å². The fourth-order valence-electron chi connectivity index (χ4n) is 7.51. The molecule has 6 rings (SSSR count). The van der Waals surface area contributed by atoms with Crippen molar-refractivity contribution in [2.45, 2.75) is 82.8 Å². The van der Waals surface area contributed by atoms with Crippen molar-refractivity contribution >= 4 is 46.8 Å². The summed E-state index contributed by atoms with van der Waals surface area (Å²) >= 11 is 13.1. The predicted molar refractivity (Wildman–Crippen MR) is 180 cm³/mol. The van der Waals surface area contributed by atoms with Gasteiger partial charge in [-0.1, -0.05) is 48.2 Å². The van der Waals surface area contributed by atoms with Crippen LogP contribution in [0.15, 0.2) is 54.6 Å². The van der Waals surface area contributed by atoms with Gasteiger partial charge in [0, 0.05) is 27.9 Å². The van der Waals surface area contributed by atoms with Gasteiger partial charge in [-0.05, 0) is 99.7 Å². The molecule has 3 aromatic rings. The van der Waals surface area contributed by atoms with E-state index < -0.39 is 52.1 Å². The first-order chi connectivity index (χ1) is 22.7. The van der Waals surface area contributed by atoms with E-state index in [1.54, 1.807) is 64.1 Å². The Hall–Kier alpha value is -4.13. The van der Waals surface area contributed by atoms with Crippen molar-refractivity contribution in [1.82, 2.24) is 5.32 Å². The number of fused-ring (bicyclic) bond motifs is 2. The van der Waals surface area contributed by atoms with Crippen molar-refractivity contribution in [1.29, 1.82) is 5.26 Å². The smallest absolute Gasteiger partial charge is 0.421 e. The average molecular weight is 693 g/mol. The van der Waals surface area contributed by atoms with Crippen molar-refractivity contribution in [3.05, 3.63) is 92.7 Å². The molecule has 0 aromatic heterocycles. The number of hydrogen-bond donors (Lipinski definition) is 1. The summed E-state index contributed by atoms with van der Waals surface area (Å²) in [6.45, 7) is 6.95. The molecule has 2 heterocycles. The van der Waals surface area contributed by atoms with E-state index in [1.807, 2.05) is 0 Å². The van der Waals surface area contributed by atoms with Crippen LogP contribution in [0.3, 0.4) is 0 Å². The molecule has 3 aliphatic rings. The van der Waals surface area contributed by atoms with Crippen LogP contribution in [0, 0.1) is 29.5 Å². The lowest BCUT2D eigenvalue weighted by atomic mass is 9.59. The lowest BCUT2D eigenvalue weighted by molar-refractivity contribution is -0.132. The van der Waals surface area contributed by atoms with Gasteiger partial charge in [0.05, 0.1) is 23.2 Å². The molecule has 250 valence electrons. The highest BCUT2D eigenvalue weighted by atomic mass is 35.5. The highest BCUT2D eigenvalue weighted by Gasteiger charge is 2.65. The molecular formula is C37H36Cl2FN3O5. The maximum absolute atomic E-state index is 15.3. The number of amides is 3. The fraction of sp³-hybridized carbons (Fsp3) is 0.405. The molecule has 1 aliphatic carbocycles. The average Bonchev–Trinajstić information content (AvgIpc) is 3.59. The summed E-state index contributed by atoms with van der Waals surface area (Å²) in [5, 5.41) is 13.7. The van der Waals surface area contributed by atoms with E-state index in [9.17, 15) is 14.9 Å². The summed E-state index contributed by atoms with van der Waals surface area (Å²) in [4.78, 5) is 43.9. The summed E-state index contributed by atoms with van der Waals surface area (Å²) in [6.07, 6.45) is 2.11. The van der Waals surface area contributed by atoms with Crippen molar-refractivity contribution in [3.8, 4) is 11.8 Å². The van der Waals surface area contributed by atoms with E-state index in [4.69, 9.17) is 32.7 Å². The molecule has 1 spiro atoms. The minimum atomic E-state index is -1.72. The maximum Gasteiger partial charge on any atom is 0.421 e. The van der Waals surface area contributed by atoms with Gasteiger partial charge in [0.25, 0.3) is 0 Å². The number of aryl methyl sites for hydroxylation is 1. The number of carbonyl (C=O) groups excluding carboxylic acids is 3. The Morgan fingerprint density at radius 1 is 1.04 bits per heavy atom. The number of rotatable bonds is 5. The molecule has 11 heteroatoms. The van der Waals surface area contributed by atoms with Gasteiger partial charge in [0.2, 0.25) is 11.8 Å². The number of hydrogen-bond acceptors (Lipinski definition) is 6. The summed E-state index contributed by atoms with van der Waals surface area (Å²) < 4.78 is 27.2. The number of benzene rings is 3. The van der Waals surface area contributed by atoms with Gasteiger partial charge in [-0.2, -0.15) is 5.26 Å². The van der Waals surface area contributed by atoms with E-state index in [0.29, 0.717) is 45.9 Å². The number of carbonyl (C=O) groups is 3. The molecule has 3 amide bonds. The molecule has 3 aromatic carbocycles. The third-order valence-electron chi connectivity index (χ3n) is 9.68. The molecule has 8 nitrogen and oxygen atoms in total. The summed E-state index contributed by atoms with van der Waals surface area (Å²) in [7, 11) is 0. The minimum Gasteiger partial charge on any atom is -0.492 e.